The van der Waals surface area contributed by atoms with Crippen molar-refractivity contribution in [1.29, 1.82) is 0 Å². The Morgan fingerprint density at radius 3 is 3.08 bits per heavy atom. The number of nitrogens with one attached hydrogen (secondary N) is 2. The molecule has 0 aliphatic heterocycles. The molecular formula is C8H15N3OS. The summed E-state index contributed by atoms with van der Waals surface area (Å²) in [4.78, 5) is 4.08. The standard InChI is InChI=1S/C8H15N3OS/c1-7(12)6-9-2-3-10-8-11-4-5-13-8/h4-5,7,9,12H,2-3,6H2,1H3,(H,10,11). The monoisotopic (exact) mass is 201 g/mol. The van der Waals surface area contributed by atoms with Crippen molar-refractivity contribution in [3.8, 4) is 0 Å². The molecule has 0 fully saturated rings. The molecule has 74 valence electrons. The van der Waals surface area contributed by atoms with Crippen LogP contribution in [0, 0.1) is 0 Å². The zero-order valence-corrected chi connectivity index (χ0v) is 8.47. The van der Waals surface area contributed by atoms with E-state index in [2.05, 4.69) is 15.6 Å². The van der Waals surface area contributed by atoms with Crippen LogP contribution in [0.3, 0.4) is 0 Å². The number of thiazole rings is 1. The van der Waals surface area contributed by atoms with Crippen LogP contribution >= 0.6 is 11.3 Å². The summed E-state index contributed by atoms with van der Waals surface area (Å²) in [5.41, 5.74) is 0. The van der Waals surface area contributed by atoms with Gasteiger partial charge in [0.1, 0.15) is 0 Å². The van der Waals surface area contributed by atoms with Crippen molar-refractivity contribution < 1.29 is 5.11 Å². The fraction of sp³-hybridized carbons (Fsp3) is 0.625. The van der Waals surface area contributed by atoms with Gasteiger partial charge in [-0.25, -0.2) is 4.98 Å². The maximum Gasteiger partial charge on any atom is 0.182 e. The molecule has 0 amide bonds. The normalized spacial score (nSPS) is 12.8. The number of hydrogen-bond donors (Lipinski definition) is 3. The Morgan fingerprint density at radius 2 is 2.46 bits per heavy atom. The highest BCUT2D eigenvalue weighted by Crippen LogP contribution is 2.08. The van der Waals surface area contributed by atoms with Gasteiger partial charge in [-0.15, -0.1) is 11.3 Å². The molecule has 0 radical (unpaired) electrons. The van der Waals surface area contributed by atoms with E-state index in [-0.39, 0.29) is 6.10 Å². The molecule has 1 atom stereocenters. The molecule has 0 saturated heterocycles. The smallest absolute Gasteiger partial charge is 0.182 e. The lowest BCUT2D eigenvalue weighted by Crippen LogP contribution is -2.28. The lowest BCUT2D eigenvalue weighted by molar-refractivity contribution is 0.192. The van der Waals surface area contributed by atoms with Gasteiger partial charge in [-0.3, -0.25) is 0 Å². The molecule has 0 aromatic carbocycles. The van der Waals surface area contributed by atoms with E-state index >= 15 is 0 Å². The molecule has 13 heavy (non-hydrogen) atoms. The summed E-state index contributed by atoms with van der Waals surface area (Å²) in [5, 5.41) is 18.1. The van der Waals surface area contributed by atoms with Crippen LogP contribution in [0.4, 0.5) is 5.13 Å². The predicted octanol–water partition coefficient (Wildman–Crippen LogP) is 0.525. The highest BCUT2D eigenvalue weighted by atomic mass is 32.1. The number of nitrogens with zero attached hydrogens (tertiary/aromatic N) is 1. The Hall–Kier alpha value is -0.650. The van der Waals surface area contributed by atoms with Gasteiger partial charge in [-0.1, -0.05) is 0 Å². The predicted molar refractivity (Wildman–Crippen MR) is 55.2 cm³/mol. The van der Waals surface area contributed by atoms with Crippen LogP contribution in [-0.4, -0.2) is 35.8 Å². The molecule has 0 aliphatic carbocycles. The summed E-state index contributed by atoms with van der Waals surface area (Å²) in [6.07, 6.45) is 1.50. The fourth-order valence-corrected chi connectivity index (χ4v) is 1.44. The molecule has 3 N–H and O–H groups in total. The van der Waals surface area contributed by atoms with E-state index in [1.54, 1.807) is 24.5 Å². The van der Waals surface area contributed by atoms with Crippen LogP contribution in [0.2, 0.25) is 0 Å². The number of hydrogen-bond acceptors (Lipinski definition) is 5. The van der Waals surface area contributed by atoms with E-state index in [1.165, 1.54) is 0 Å². The SMILES string of the molecule is CC(O)CNCCNc1nccs1. The van der Waals surface area contributed by atoms with Gasteiger partial charge >= 0.3 is 0 Å². The Morgan fingerprint density at radius 1 is 1.62 bits per heavy atom. The molecule has 0 bridgehead atoms. The zero-order chi connectivity index (χ0) is 9.52. The van der Waals surface area contributed by atoms with Crippen molar-refractivity contribution in [3.05, 3.63) is 11.6 Å². The van der Waals surface area contributed by atoms with Crippen LogP contribution < -0.4 is 10.6 Å². The van der Waals surface area contributed by atoms with Crippen LogP contribution in [0.5, 0.6) is 0 Å². The van der Waals surface area contributed by atoms with Gasteiger partial charge in [0.15, 0.2) is 5.13 Å². The van der Waals surface area contributed by atoms with Crippen molar-refractivity contribution in [1.82, 2.24) is 10.3 Å². The Labute approximate surface area is 82.0 Å². The Balaban J connectivity index is 1.96. The average molecular weight is 201 g/mol. The minimum Gasteiger partial charge on any atom is -0.392 e. The largest absolute Gasteiger partial charge is 0.392 e. The second-order valence-electron chi connectivity index (χ2n) is 2.82. The minimum absolute atomic E-state index is 0.278. The minimum atomic E-state index is -0.278. The fourth-order valence-electron chi connectivity index (χ4n) is 0.880. The number of anilines is 1. The zero-order valence-electron chi connectivity index (χ0n) is 7.66. The third-order valence-corrected chi connectivity index (χ3v) is 2.18. The van der Waals surface area contributed by atoms with E-state index in [1.807, 2.05) is 5.38 Å². The number of aromatic nitrogens is 1. The first-order valence-corrected chi connectivity index (χ1v) is 5.19. The first-order valence-electron chi connectivity index (χ1n) is 4.31. The average Bonchev–Trinajstić information content (AvgIpc) is 2.55. The van der Waals surface area contributed by atoms with E-state index in [9.17, 15) is 0 Å². The summed E-state index contributed by atoms with van der Waals surface area (Å²) in [7, 11) is 0. The first kappa shape index (κ1) is 10.4. The van der Waals surface area contributed by atoms with Crippen molar-refractivity contribution in [2.45, 2.75) is 13.0 Å². The van der Waals surface area contributed by atoms with Gasteiger partial charge in [-0.05, 0) is 6.92 Å². The molecule has 1 unspecified atom stereocenters. The summed E-state index contributed by atoms with van der Waals surface area (Å²) < 4.78 is 0. The summed E-state index contributed by atoms with van der Waals surface area (Å²) >= 11 is 1.59. The van der Waals surface area contributed by atoms with E-state index in [0.717, 1.165) is 18.2 Å². The summed E-state index contributed by atoms with van der Waals surface area (Å²) in [6, 6.07) is 0. The highest BCUT2D eigenvalue weighted by molar-refractivity contribution is 7.13. The van der Waals surface area contributed by atoms with Crippen LogP contribution in [-0.2, 0) is 0 Å². The molecule has 5 heteroatoms. The highest BCUT2D eigenvalue weighted by Gasteiger charge is 1.94. The molecule has 1 rings (SSSR count). The van der Waals surface area contributed by atoms with Gasteiger partial charge in [0.25, 0.3) is 0 Å². The topological polar surface area (TPSA) is 57.2 Å². The van der Waals surface area contributed by atoms with Gasteiger partial charge in [0.2, 0.25) is 0 Å². The Kier molecular flexibility index (Phi) is 4.74. The maximum absolute atomic E-state index is 8.94. The van der Waals surface area contributed by atoms with Crippen molar-refractivity contribution >= 4 is 16.5 Å². The number of aliphatic hydroxyl groups excluding tert-OH is 1. The third kappa shape index (κ3) is 4.82. The lowest BCUT2D eigenvalue weighted by atomic mass is 10.4. The van der Waals surface area contributed by atoms with E-state index in [4.69, 9.17) is 5.11 Å². The van der Waals surface area contributed by atoms with Gasteiger partial charge < -0.3 is 15.7 Å². The number of aliphatic hydroxyl groups is 1. The second kappa shape index (κ2) is 5.90. The van der Waals surface area contributed by atoms with Gasteiger partial charge in [0.05, 0.1) is 6.10 Å². The van der Waals surface area contributed by atoms with Crippen molar-refractivity contribution in [2.24, 2.45) is 0 Å². The van der Waals surface area contributed by atoms with Crippen LogP contribution in [0.15, 0.2) is 11.6 Å². The first-order chi connectivity index (χ1) is 6.29. The van der Waals surface area contributed by atoms with Gasteiger partial charge in [-0.2, -0.15) is 0 Å². The molecular weight excluding hydrogens is 186 g/mol. The van der Waals surface area contributed by atoms with E-state index in [0.29, 0.717) is 6.54 Å². The quantitative estimate of drug-likeness (QED) is 0.588. The van der Waals surface area contributed by atoms with Crippen LogP contribution in [0.25, 0.3) is 0 Å². The molecule has 0 saturated carbocycles. The lowest BCUT2D eigenvalue weighted by Gasteiger charge is -2.06. The van der Waals surface area contributed by atoms with Crippen molar-refractivity contribution in [3.63, 3.8) is 0 Å². The maximum atomic E-state index is 8.94. The summed E-state index contributed by atoms with van der Waals surface area (Å²) in [6.45, 7) is 4.07. The molecule has 0 spiro atoms. The second-order valence-corrected chi connectivity index (χ2v) is 3.71. The Bertz CT molecular complexity index is 213. The van der Waals surface area contributed by atoms with Crippen LogP contribution in [0.1, 0.15) is 6.92 Å². The molecule has 1 heterocycles. The van der Waals surface area contributed by atoms with Gasteiger partial charge in [0, 0.05) is 31.2 Å². The van der Waals surface area contributed by atoms with E-state index < -0.39 is 0 Å². The number of rotatable bonds is 6. The summed E-state index contributed by atoms with van der Waals surface area (Å²) in [5.74, 6) is 0. The molecule has 4 nitrogen and oxygen atoms in total. The molecule has 0 aliphatic rings. The van der Waals surface area contributed by atoms with Crippen molar-refractivity contribution in [2.75, 3.05) is 25.0 Å². The molecule has 1 aromatic rings. The third-order valence-electron chi connectivity index (χ3n) is 1.45. The molecule has 1 aromatic heterocycles.